The highest BCUT2D eigenvalue weighted by atomic mass is 35.5. The lowest BCUT2D eigenvalue weighted by atomic mass is 9.92. The van der Waals surface area contributed by atoms with Crippen LogP contribution in [0.4, 0.5) is 4.39 Å². The second-order valence-corrected chi connectivity index (χ2v) is 8.06. The van der Waals surface area contributed by atoms with Crippen LogP contribution in [-0.2, 0) is 14.8 Å². The standard InChI is InChI=1S/C13H14Cl2FNO4S/c1-7-4-8(13(18)19)6-17(5-7)22(20,21)10-3-2-9(14)12(16)11(10)15/h2-3,7-8H,4-6H2,1H3,(H,18,19). The van der Waals surface area contributed by atoms with Gasteiger partial charge < -0.3 is 5.11 Å². The minimum atomic E-state index is -4.09. The van der Waals surface area contributed by atoms with Crippen molar-refractivity contribution in [1.82, 2.24) is 4.31 Å². The van der Waals surface area contributed by atoms with Crippen molar-refractivity contribution in [3.63, 3.8) is 0 Å². The van der Waals surface area contributed by atoms with Gasteiger partial charge in [-0.1, -0.05) is 30.1 Å². The Morgan fingerprint density at radius 2 is 2.00 bits per heavy atom. The summed E-state index contributed by atoms with van der Waals surface area (Å²) in [5.74, 6) is -2.99. The number of carbonyl (C=O) groups is 1. The van der Waals surface area contributed by atoms with E-state index in [0.717, 1.165) is 16.4 Å². The van der Waals surface area contributed by atoms with Crippen molar-refractivity contribution in [1.29, 1.82) is 0 Å². The molecule has 0 spiro atoms. The van der Waals surface area contributed by atoms with Gasteiger partial charge in [0.2, 0.25) is 10.0 Å². The van der Waals surface area contributed by atoms with Crippen molar-refractivity contribution >= 4 is 39.2 Å². The molecule has 2 rings (SSSR count). The van der Waals surface area contributed by atoms with Crippen LogP contribution in [0.25, 0.3) is 0 Å². The molecule has 0 aliphatic carbocycles. The molecule has 9 heteroatoms. The second kappa shape index (κ2) is 6.31. The highest BCUT2D eigenvalue weighted by Crippen LogP contribution is 2.33. The zero-order chi connectivity index (χ0) is 16.7. The fourth-order valence-corrected chi connectivity index (χ4v) is 4.85. The number of nitrogens with zero attached hydrogens (tertiary/aromatic N) is 1. The summed E-state index contributed by atoms with van der Waals surface area (Å²) in [5, 5.41) is 8.26. The van der Waals surface area contributed by atoms with Crippen LogP contribution in [0, 0.1) is 17.7 Å². The molecule has 1 aromatic rings. The van der Waals surface area contributed by atoms with E-state index in [1.807, 2.05) is 0 Å². The molecule has 2 atom stereocenters. The Balaban J connectivity index is 2.42. The number of piperidine rings is 1. The molecule has 22 heavy (non-hydrogen) atoms. The Hall–Kier alpha value is -0.890. The summed E-state index contributed by atoms with van der Waals surface area (Å²) in [5.41, 5.74) is 0. The van der Waals surface area contributed by atoms with Crippen LogP contribution in [0.3, 0.4) is 0 Å². The van der Waals surface area contributed by atoms with Gasteiger partial charge in [-0.3, -0.25) is 4.79 Å². The molecule has 122 valence electrons. The van der Waals surface area contributed by atoms with Crippen LogP contribution in [0.5, 0.6) is 0 Å². The van der Waals surface area contributed by atoms with Crippen LogP contribution in [0.15, 0.2) is 17.0 Å². The molecule has 1 fully saturated rings. The van der Waals surface area contributed by atoms with Gasteiger partial charge in [-0.15, -0.1) is 0 Å². The molecule has 2 unspecified atom stereocenters. The van der Waals surface area contributed by atoms with Crippen LogP contribution in [0.1, 0.15) is 13.3 Å². The van der Waals surface area contributed by atoms with E-state index in [9.17, 15) is 17.6 Å². The maximum absolute atomic E-state index is 13.7. The number of carboxylic acid groups (broad SMARTS) is 1. The highest BCUT2D eigenvalue weighted by Gasteiger charge is 2.37. The topological polar surface area (TPSA) is 74.7 Å². The smallest absolute Gasteiger partial charge is 0.307 e. The summed E-state index contributed by atoms with van der Waals surface area (Å²) in [4.78, 5) is 10.7. The number of sulfonamides is 1. The largest absolute Gasteiger partial charge is 0.481 e. The van der Waals surface area contributed by atoms with E-state index in [0.29, 0.717) is 6.42 Å². The number of aliphatic carboxylic acids is 1. The Bertz CT molecular complexity index is 710. The van der Waals surface area contributed by atoms with Gasteiger partial charge in [-0.2, -0.15) is 4.31 Å². The monoisotopic (exact) mass is 369 g/mol. The van der Waals surface area contributed by atoms with Crippen LogP contribution in [0.2, 0.25) is 10.0 Å². The summed E-state index contributed by atoms with van der Waals surface area (Å²) < 4.78 is 40.0. The minimum Gasteiger partial charge on any atom is -0.481 e. The van der Waals surface area contributed by atoms with E-state index < -0.39 is 37.6 Å². The van der Waals surface area contributed by atoms with E-state index in [1.165, 1.54) is 0 Å². The molecule has 1 aliphatic heterocycles. The van der Waals surface area contributed by atoms with Crippen LogP contribution >= 0.6 is 23.2 Å². The van der Waals surface area contributed by atoms with Gasteiger partial charge in [0.15, 0.2) is 5.82 Å². The zero-order valence-electron chi connectivity index (χ0n) is 11.6. The van der Waals surface area contributed by atoms with Crippen LogP contribution < -0.4 is 0 Å². The number of carboxylic acids is 1. The molecule has 0 bridgehead atoms. The molecular weight excluding hydrogens is 356 g/mol. The predicted octanol–water partition coefficient (Wildman–Crippen LogP) is 2.86. The van der Waals surface area contributed by atoms with Gasteiger partial charge in [0.25, 0.3) is 0 Å². The minimum absolute atomic E-state index is 0.124. The van der Waals surface area contributed by atoms with Crippen molar-refractivity contribution in [2.24, 2.45) is 11.8 Å². The third kappa shape index (κ3) is 3.22. The fraction of sp³-hybridized carbons (Fsp3) is 0.462. The van der Waals surface area contributed by atoms with Crippen molar-refractivity contribution in [3.8, 4) is 0 Å². The quantitative estimate of drug-likeness (QED) is 0.831. The van der Waals surface area contributed by atoms with Gasteiger partial charge in [-0.25, -0.2) is 12.8 Å². The lowest BCUT2D eigenvalue weighted by molar-refractivity contribution is -0.143. The number of rotatable bonds is 3. The molecule has 1 heterocycles. The number of hydrogen-bond acceptors (Lipinski definition) is 3. The van der Waals surface area contributed by atoms with Crippen molar-refractivity contribution in [3.05, 3.63) is 28.0 Å². The molecule has 1 saturated heterocycles. The average molecular weight is 370 g/mol. The third-order valence-electron chi connectivity index (χ3n) is 3.59. The van der Waals surface area contributed by atoms with E-state index in [-0.39, 0.29) is 24.0 Å². The first-order chi connectivity index (χ1) is 10.1. The molecular formula is C13H14Cl2FNO4S. The SMILES string of the molecule is CC1CC(C(=O)O)CN(S(=O)(=O)c2ccc(Cl)c(F)c2Cl)C1. The molecule has 1 aromatic carbocycles. The summed E-state index contributed by atoms with van der Waals surface area (Å²) in [6.45, 7) is 1.76. The lowest BCUT2D eigenvalue weighted by Gasteiger charge is -2.33. The summed E-state index contributed by atoms with van der Waals surface area (Å²) in [6.07, 6.45) is 0.393. The molecule has 1 aliphatic rings. The number of benzene rings is 1. The molecule has 1 N–H and O–H groups in total. The predicted molar refractivity (Wildman–Crippen MR) is 80.1 cm³/mol. The van der Waals surface area contributed by atoms with Crippen molar-refractivity contribution in [2.75, 3.05) is 13.1 Å². The van der Waals surface area contributed by atoms with E-state index in [1.54, 1.807) is 6.92 Å². The van der Waals surface area contributed by atoms with Crippen LogP contribution in [-0.4, -0.2) is 36.9 Å². The number of halogens is 3. The Kier molecular flexibility index (Phi) is 5.01. The first-order valence-corrected chi connectivity index (χ1v) is 8.70. The van der Waals surface area contributed by atoms with Crippen molar-refractivity contribution in [2.45, 2.75) is 18.2 Å². The Morgan fingerprint density at radius 1 is 1.36 bits per heavy atom. The third-order valence-corrected chi connectivity index (χ3v) is 6.24. The average Bonchev–Trinajstić information content (AvgIpc) is 2.43. The van der Waals surface area contributed by atoms with Gasteiger partial charge in [0.05, 0.1) is 16.0 Å². The first-order valence-electron chi connectivity index (χ1n) is 6.51. The summed E-state index contributed by atoms with van der Waals surface area (Å²) in [7, 11) is -4.09. The molecule has 0 aromatic heterocycles. The van der Waals surface area contributed by atoms with E-state index >= 15 is 0 Å². The van der Waals surface area contributed by atoms with Gasteiger partial charge in [0.1, 0.15) is 4.90 Å². The van der Waals surface area contributed by atoms with Gasteiger partial charge >= 0.3 is 5.97 Å². The molecule has 0 radical (unpaired) electrons. The van der Waals surface area contributed by atoms with Gasteiger partial charge in [-0.05, 0) is 24.5 Å². The zero-order valence-corrected chi connectivity index (χ0v) is 13.9. The maximum atomic E-state index is 13.7. The molecule has 5 nitrogen and oxygen atoms in total. The van der Waals surface area contributed by atoms with E-state index in [4.69, 9.17) is 28.3 Å². The van der Waals surface area contributed by atoms with Crippen molar-refractivity contribution < 1.29 is 22.7 Å². The van der Waals surface area contributed by atoms with E-state index in [2.05, 4.69) is 0 Å². The Morgan fingerprint density at radius 3 is 2.59 bits per heavy atom. The number of hydrogen-bond donors (Lipinski definition) is 1. The fourth-order valence-electron chi connectivity index (χ4n) is 2.52. The summed E-state index contributed by atoms with van der Waals surface area (Å²) in [6, 6.07) is 2.23. The normalized spacial score (nSPS) is 23.5. The Labute approximate surface area is 137 Å². The maximum Gasteiger partial charge on any atom is 0.307 e. The lowest BCUT2D eigenvalue weighted by Crippen LogP contribution is -2.45. The summed E-state index contributed by atoms with van der Waals surface area (Å²) >= 11 is 11.3. The van der Waals surface area contributed by atoms with Gasteiger partial charge in [0, 0.05) is 13.1 Å². The second-order valence-electron chi connectivity index (χ2n) is 5.37. The highest BCUT2D eigenvalue weighted by molar-refractivity contribution is 7.89. The molecule has 0 saturated carbocycles. The first kappa shape index (κ1) is 17.5. The molecule has 0 amide bonds.